The van der Waals surface area contributed by atoms with Crippen molar-refractivity contribution >= 4 is 5.91 Å². The van der Waals surface area contributed by atoms with E-state index in [-0.39, 0.29) is 11.8 Å². The summed E-state index contributed by atoms with van der Waals surface area (Å²) in [7, 11) is 3.11. The number of nitrogens with zero attached hydrogens (tertiary/aromatic N) is 1. The Hall–Kier alpha value is -1.65. The van der Waals surface area contributed by atoms with Gasteiger partial charge in [-0.15, -0.1) is 0 Å². The minimum absolute atomic E-state index is 0.0181. The maximum absolute atomic E-state index is 11.8. The zero-order valence-electron chi connectivity index (χ0n) is 13.2. The van der Waals surface area contributed by atoms with E-state index in [0.29, 0.717) is 13.2 Å². The molecule has 0 heterocycles. The van der Waals surface area contributed by atoms with Gasteiger partial charge in [-0.3, -0.25) is 9.63 Å². The minimum atomic E-state index is -0.0826. The van der Waals surface area contributed by atoms with Crippen LogP contribution in [0.15, 0.2) is 42.5 Å². The van der Waals surface area contributed by atoms with Gasteiger partial charge in [0, 0.05) is 13.0 Å². The molecule has 21 heavy (non-hydrogen) atoms. The Morgan fingerprint density at radius 1 is 1.33 bits per heavy atom. The Labute approximate surface area is 127 Å². The van der Waals surface area contributed by atoms with Crippen LogP contribution in [0.3, 0.4) is 0 Å². The van der Waals surface area contributed by atoms with Gasteiger partial charge >= 0.3 is 0 Å². The second-order valence-corrected chi connectivity index (χ2v) is 5.19. The van der Waals surface area contributed by atoms with Crippen LogP contribution in [-0.4, -0.2) is 31.7 Å². The highest BCUT2D eigenvalue weighted by Crippen LogP contribution is 2.14. The molecule has 0 aliphatic carbocycles. The molecular formula is C17H25NO3. The van der Waals surface area contributed by atoms with Crippen molar-refractivity contribution in [3.05, 3.63) is 48.0 Å². The van der Waals surface area contributed by atoms with E-state index in [0.717, 1.165) is 24.0 Å². The number of carbonyl (C=O) groups is 1. The Morgan fingerprint density at radius 3 is 2.62 bits per heavy atom. The molecule has 1 aromatic carbocycles. The Balaban J connectivity index is 2.20. The molecule has 0 aliphatic rings. The number of hydrogen-bond donors (Lipinski definition) is 0. The predicted octanol–water partition coefficient (Wildman–Crippen LogP) is 3.20. The molecule has 0 spiro atoms. The second-order valence-electron chi connectivity index (χ2n) is 5.19. The van der Waals surface area contributed by atoms with Crippen molar-refractivity contribution < 1.29 is 14.4 Å². The van der Waals surface area contributed by atoms with E-state index in [9.17, 15) is 4.79 Å². The molecule has 0 fully saturated rings. The van der Waals surface area contributed by atoms with E-state index in [1.165, 1.54) is 12.2 Å². The summed E-state index contributed by atoms with van der Waals surface area (Å²) >= 11 is 0. The van der Waals surface area contributed by atoms with E-state index in [1.807, 2.05) is 37.3 Å². The average Bonchev–Trinajstić information content (AvgIpc) is 2.52. The highest BCUT2D eigenvalue weighted by molar-refractivity contribution is 5.77. The lowest BCUT2D eigenvalue weighted by Crippen LogP contribution is -2.30. The highest BCUT2D eigenvalue weighted by Gasteiger charge is 2.17. The number of rotatable bonds is 9. The summed E-state index contributed by atoms with van der Waals surface area (Å²) in [5.41, 5.74) is 2.15. The Bertz CT molecular complexity index is 445. The standard InChI is InChI=1S/C17H25NO3/c1-14(10-11-15(2)17(19)18(3)20-4)12-21-13-16-8-6-5-7-9-16/h5-9,15H,1,10-13H2,2-4H3. The Morgan fingerprint density at radius 2 is 2.00 bits per heavy atom. The van der Waals surface area contributed by atoms with E-state index in [1.54, 1.807) is 7.05 Å². The van der Waals surface area contributed by atoms with Gasteiger partial charge in [-0.1, -0.05) is 49.4 Å². The smallest absolute Gasteiger partial charge is 0.248 e. The summed E-state index contributed by atoms with van der Waals surface area (Å²) < 4.78 is 5.62. The largest absolute Gasteiger partial charge is 0.372 e. The van der Waals surface area contributed by atoms with Crippen LogP contribution in [0, 0.1) is 5.92 Å². The maximum atomic E-state index is 11.8. The number of benzene rings is 1. The van der Waals surface area contributed by atoms with Gasteiger partial charge < -0.3 is 4.74 Å². The quantitative estimate of drug-likeness (QED) is 0.518. The molecular weight excluding hydrogens is 266 g/mol. The van der Waals surface area contributed by atoms with Gasteiger partial charge in [0.15, 0.2) is 0 Å². The van der Waals surface area contributed by atoms with Crippen LogP contribution in [0.4, 0.5) is 0 Å². The molecule has 4 nitrogen and oxygen atoms in total. The third kappa shape index (κ3) is 6.56. The summed E-state index contributed by atoms with van der Waals surface area (Å²) in [6, 6.07) is 10.0. The molecule has 1 amide bonds. The monoisotopic (exact) mass is 291 g/mol. The molecule has 0 saturated carbocycles. The van der Waals surface area contributed by atoms with Crippen molar-refractivity contribution in [2.75, 3.05) is 20.8 Å². The molecule has 0 bridgehead atoms. The van der Waals surface area contributed by atoms with Crippen molar-refractivity contribution in [3.8, 4) is 0 Å². The molecule has 1 unspecified atom stereocenters. The van der Waals surface area contributed by atoms with E-state index in [2.05, 4.69) is 6.58 Å². The van der Waals surface area contributed by atoms with Crippen LogP contribution in [0.25, 0.3) is 0 Å². The molecule has 1 atom stereocenters. The second kappa shape index (κ2) is 9.32. The maximum Gasteiger partial charge on any atom is 0.248 e. The lowest BCUT2D eigenvalue weighted by molar-refractivity contribution is -0.173. The zero-order valence-corrected chi connectivity index (χ0v) is 13.2. The van der Waals surface area contributed by atoms with Crippen molar-refractivity contribution in [2.24, 2.45) is 5.92 Å². The van der Waals surface area contributed by atoms with Gasteiger partial charge in [0.25, 0.3) is 0 Å². The van der Waals surface area contributed by atoms with Crippen LogP contribution < -0.4 is 0 Å². The number of hydroxylamine groups is 2. The van der Waals surface area contributed by atoms with Gasteiger partial charge in [0.2, 0.25) is 5.91 Å². The summed E-state index contributed by atoms with van der Waals surface area (Å²) in [6.07, 6.45) is 1.53. The summed E-state index contributed by atoms with van der Waals surface area (Å²) in [5.74, 6) is -0.101. The molecule has 0 aliphatic heterocycles. The first-order valence-electron chi connectivity index (χ1n) is 7.14. The summed E-state index contributed by atoms with van der Waals surface area (Å²) in [5, 5.41) is 1.26. The highest BCUT2D eigenvalue weighted by atomic mass is 16.7. The first-order valence-corrected chi connectivity index (χ1v) is 7.14. The van der Waals surface area contributed by atoms with E-state index in [4.69, 9.17) is 9.57 Å². The number of hydrogen-bond acceptors (Lipinski definition) is 3. The molecule has 1 aromatic rings. The van der Waals surface area contributed by atoms with Crippen LogP contribution in [0.2, 0.25) is 0 Å². The SMILES string of the molecule is C=C(CCC(C)C(=O)N(C)OC)COCc1ccccc1. The first kappa shape index (κ1) is 17.4. The molecule has 0 saturated heterocycles. The number of amides is 1. The van der Waals surface area contributed by atoms with Gasteiger partial charge in [0.1, 0.15) is 0 Å². The van der Waals surface area contributed by atoms with Crippen molar-refractivity contribution in [1.82, 2.24) is 5.06 Å². The van der Waals surface area contributed by atoms with Crippen LogP contribution in [0.5, 0.6) is 0 Å². The van der Waals surface area contributed by atoms with Crippen molar-refractivity contribution in [2.45, 2.75) is 26.4 Å². The fraction of sp³-hybridized carbons (Fsp3) is 0.471. The minimum Gasteiger partial charge on any atom is -0.372 e. The van der Waals surface area contributed by atoms with Gasteiger partial charge in [-0.2, -0.15) is 0 Å². The van der Waals surface area contributed by atoms with Crippen LogP contribution >= 0.6 is 0 Å². The molecule has 0 N–H and O–H groups in total. The third-order valence-corrected chi connectivity index (χ3v) is 3.35. The van der Waals surface area contributed by atoms with E-state index < -0.39 is 0 Å². The zero-order chi connectivity index (χ0) is 15.7. The third-order valence-electron chi connectivity index (χ3n) is 3.35. The van der Waals surface area contributed by atoms with Crippen molar-refractivity contribution in [3.63, 3.8) is 0 Å². The molecule has 116 valence electrons. The molecule has 4 heteroatoms. The van der Waals surface area contributed by atoms with Crippen LogP contribution in [0.1, 0.15) is 25.3 Å². The number of ether oxygens (including phenoxy) is 1. The lowest BCUT2D eigenvalue weighted by Gasteiger charge is -2.19. The molecule has 0 radical (unpaired) electrons. The lowest BCUT2D eigenvalue weighted by atomic mass is 10.0. The Kier molecular flexibility index (Phi) is 7.72. The molecule has 0 aromatic heterocycles. The van der Waals surface area contributed by atoms with Crippen molar-refractivity contribution in [1.29, 1.82) is 0 Å². The van der Waals surface area contributed by atoms with E-state index >= 15 is 0 Å². The first-order chi connectivity index (χ1) is 10.0. The van der Waals surface area contributed by atoms with Crippen LogP contribution in [-0.2, 0) is 21.0 Å². The fourth-order valence-corrected chi connectivity index (χ4v) is 1.90. The normalized spacial score (nSPS) is 12.0. The van der Waals surface area contributed by atoms with Gasteiger partial charge in [-0.25, -0.2) is 5.06 Å². The van der Waals surface area contributed by atoms with Gasteiger partial charge in [0.05, 0.1) is 20.3 Å². The molecule has 1 rings (SSSR count). The number of carbonyl (C=O) groups excluding carboxylic acids is 1. The summed E-state index contributed by atoms with van der Waals surface area (Å²) in [6.45, 7) is 7.01. The van der Waals surface area contributed by atoms with Gasteiger partial charge in [-0.05, 0) is 18.4 Å². The summed E-state index contributed by atoms with van der Waals surface area (Å²) in [4.78, 5) is 16.7. The average molecular weight is 291 g/mol. The fourth-order valence-electron chi connectivity index (χ4n) is 1.90. The topological polar surface area (TPSA) is 38.8 Å². The predicted molar refractivity (Wildman–Crippen MR) is 83.4 cm³/mol.